The highest BCUT2D eigenvalue weighted by Crippen LogP contribution is 2.42. The molecule has 1 aliphatic heterocycles. The maximum atomic E-state index is 12.9. The van der Waals surface area contributed by atoms with Crippen molar-refractivity contribution in [1.82, 2.24) is 9.78 Å². The average molecular weight is 297 g/mol. The Morgan fingerprint density at radius 2 is 2.10 bits per heavy atom. The van der Waals surface area contributed by atoms with Gasteiger partial charge in [-0.2, -0.15) is 5.10 Å². The number of fused-ring (bicyclic) bond motifs is 1. The molecule has 3 rings (SSSR count). The molecule has 0 bridgehead atoms. The first kappa shape index (κ1) is 13.6. The Morgan fingerprint density at radius 1 is 1.29 bits per heavy atom. The molecule has 1 aliphatic rings. The number of ether oxygens (including phenoxy) is 2. The number of nitrogens with zero attached hydrogens (tertiary/aromatic N) is 2. The molecule has 0 saturated carbocycles. The fourth-order valence-corrected chi connectivity index (χ4v) is 1.99. The Kier molecular flexibility index (Phi) is 3.38. The Labute approximate surface area is 118 Å². The number of aromatic nitrogens is 2. The van der Waals surface area contributed by atoms with E-state index in [0.29, 0.717) is 18.8 Å². The topological polar surface area (TPSA) is 68.5 Å². The quantitative estimate of drug-likeness (QED) is 0.881. The minimum Gasteiger partial charge on any atom is -0.395 e. The number of aliphatic hydroxyl groups excluding tert-OH is 1. The third kappa shape index (κ3) is 3.05. The van der Waals surface area contributed by atoms with Crippen molar-refractivity contribution in [3.63, 3.8) is 0 Å². The van der Waals surface area contributed by atoms with Gasteiger partial charge in [-0.25, -0.2) is 0 Å². The third-order valence-corrected chi connectivity index (χ3v) is 2.91. The lowest BCUT2D eigenvalue weighted by Gasteiger charge is -2.05. The van der Waals surface area contributed by atoms with E-state index in [4.69, 9.17) is 5.11 Å². The second kappa shape index (κ2) is 5.21. The summed E-state index contributed by atoms with van der Waals surface area (Å²) in [5.41, 5.74) is 1.54. The fraction of sp³-hybridized carbons (Fsp3) is 0.308. The van der Waals surface area contributed by atoms with Crippen molar-refractivity contribution in [2.45, 2.75) is 19.4 Å². The molecule has 0 amide bonds. The van der Waals surface area contributed by atoms with Crippen molar-refractivity contribution in [1.29, 1.82) is 0 Å². The molecular weight excluding hydrogens is 284 g/mol. The lowest BCUT2D eigenvalue weighted by atomic mass is 10.2. The van der Waals surface area contributed by atoms with Gasteiger partial charge < -0.3 is 19.9 Å². The van der Waals surface area contributed by atoms with Crippen LogP contribution in [0.5, 0.6) is 11.5 Å². The van der Waals surface area contributed by atoms with E-state index in [1.165, 1.54) is 12.1 Å². The second-order valence-electron chi connectivity index (χ2n) is 4.52. The first-order valence-corrected chi connectivity index (χ1v) is 6.32. The molecule has 2 N–H and O–H groups in total. The van der Waals surface area contributed by atoms with Crippen molar-refractivity contribution in [3.05, 3.63) is 36.2 Å². The van der Waals surface area contributed by atoms with E-state index in [-0.39, 0.29) is 18.1 Å². The van der Waals surface area contributed by atoms with Gasteiger partial charge in [-0.15, -0.1) is 8.78 Å². The fourth-order valence-electron chi connectivity index (χ4n) is 1.99. The molecule has 0 unspecified atom stereocenters. The maximum Gasteiger partial charge on any atom is 0.586 e. The summed E-state index contributed by atoms with van der Waals surface area (Å²) in [5.74, 6) is 0.0160. The van der Waals surface area contributed by atoms with Crippen LogP contribution in [-0.4, -0.2) is 27.8 Å². The molecule has 21 heavy (non-hydrogen) atoms. The monoisotopic (exact) mass is 297 g/mol. The highest BCUT2D eigenvalue weighted by atomic mass is 19.3. The van der Waals surface area contributed by atoms with Crippen LogP contribution >= 0.6 is 0 Å². The number of rotatable bonds is 5. The van der Waals surface area contributed by atoms with Gasteiger partial charge in [0, 0.05) is 30.1 Å². The molecule has 0 radical (unpaired) electrons. The molecule has 0 aliphatic carbocycles. The van der Waals surface area contributed by atoms with Gasteiger partial charge >= 0.3 is 6.29 Å². The molecule has 6 nitrogen and oxygen atoms in total. The van der Waals surface area contributed by atoms with Crippen LogP contribution in [-0.2, 0) is 13.1 Å². The second-order valence-corrected chi connectivity index (χ2v) is 4.52. The van der Waals surface area contributed by atoms with Gasteiger partial charge in [0.25, 0.3) is 0 Å². The van der Waals surface area contributed by atoms with E-state index >= 15 is 0 Å². The molecular formula is C13H13F2N3O3. The van der Waals surface area contributed by atoms with E-state index in [0.717, 1.165) is 5.56 Å². The number of alkyl halides is 2. The standard InChI is InChI=1S/C13H13F2N3O3/c14-13(15)20-11-2-1-10(5-12(11)21-13)16-6-9-7-17-18(8-9)3-4-19/h1-2,5,7-8,16,19H,3-4,6H2. The summed E-state index contributed by atoms with van der Waals surface area (Å²) in [6.07, 6.45) is -0.138. The number of hydrogen-bond acceptors (Lipinski definition) is 5. The van der Waals surface area contributed by atoms with Crippen molar-refractivity contribution in [2.75, 3.05) is 11.9 Å². The van der Waals surface area contributed by atoms with E-state index in [9.17, 15) is 8.78 Å². The van der Waals surface area contributed by atoms with E-state index < -0.39 is 6.29 Å². The number of nitrogens with one attached hydrogen (secondary N) is 1. The van der Waals surface area contributed by atoms with Crippen molar-refractivity contribution < 1.29 is 23.4 Å². The van der Waals surface area contributed by atoms with Gasteiger partial charge in [-0.3, -0.25) is 4.68 Å². The molecule has 112 valence electrons. The van der Waals surface area contributed by atoms with Crippen LogP contribution in [0.2, 0.25) is 0 Å². The zero-order valence-electron chi connectivity index (χ0n) is 10.9. The van der Waals surface area contributed by atoms with Gasteiger partial charge in [0.2, 0.25) is 0 Å². The number of aliphatic hydroxyl groups is 1. The summed E-state index contributed by atoms with van der Waals surface area (Å²) >= 11 is 0. The number of anilines is 1. The molecule has 2 heterocycles. The van der Waals surface area contributed by atoms with Crippen LogP contribution < -0.4 is 14.8 Å². The average Bonchev–Trinajstić information content (AvgIpc) is 2.98. The number of benzene rings is 1. The normalized spacial score (nSPS) is 15.2. The minimum absolute atomic E-state index is 0.000903. The minimum atomic E-state index is -3.60. The maximum absolute atomic E-state index is 12.9. The lowest BCUT2D eigenvalue weighted by Crippen LogP contribution is -2.25. The van der Waals surface area contributed by atoms with Crippen molar-refractivity contribution in [3.8, 4) is 11.5 Å². The predicted octanol–water partition coefficient (Wildman–Crippen LogP) is 1.81. The van der Waals surface area contributed by atoms with Gasteiger partial charge in [-0.05, 0) is 12.1 Å². The van der Waals surface area contributed by atoms with Crippen LogP contribution in [0, 0.1) is 0 Å². The van der Waals surface area contributed by atoms with E-state index in [2.05, 4.69) is 19.9 Å². The summed E-state index contributed by atoms with van der Waals surface area (Å²) in [4.78, 5) is 0. The molecule has 0 saturated heterocycles. The smallest absolute Gasteiger partial charge is 0.395 e. The first-order valence-electron chi connectivity index (χ1n) is 6.32. The summed E-state index contributed by atoms with van der Waals surface area (Å²) in [7, 11) is 0. The zero-order valence-corrected chi connectivity index (χ0v) is 10.9. The summed E-state index contributed by atoms with van der Waals surface area (Å²) in [5, 5.41) is 16.0. The van der Waals surface area contributed by atoms with E-state index in [1.54, 1.807) is 23.1 Å². The number of halogens is 2. The van der Waals surface area contributed by atoms with Crippen LogP contribution in [0.25, 0.3) is 0 Å². The Hall–Kier alpha value is -2.35. The zero-order chi connectivity index (χ0) is 14.9. The van der Waals surface area contributed by atoms with Gasteiger partial charge in [0.05, 0.1) is 19.3 Å². The van der Waals surface area contributed by atoms with Crippen LogP contribution in [0.1, 0.15) is 5.56 Å². The summed E-state index contributed by atoms with van der Waals surface area (Å²) in [6, 6.07) is 4.50. The SMILES string of the molecule is OCCn1cc(CNc2ccc3c(c2)OC(F)(F)O3)cn1. The molecule has 0 spiro atoms. The van der Waals surface area contributed by atoms with Gasteiger partial charge in [0.15, 0.2) is 11.5 Å². The van der Waals surface area contributed by atoms with E-state index in [1.807, 2.05) is 0 Å². The Morgan fingerprint density at radius 3 is 2.90 bits per heavy atom. The first-order chi connectivity index (χ1) is 10.1. The molecule has 1 aromatic carbocycles. The highest BCUT2D eigenvalue weighted by Gasteiger charge is 2.43. The van der Waals surface area contributed by atoms with Crippen molar-refractivity contribution in [2.24, 2.45) is 0 Å². The van der Waals surface area contributed by atoms with Gasteiger partial charge in [-0.1, -0.05) is 0 Å². The molecule has 1 aromatic heterocycles. The number of hydrogen-bond donors (Lipinski definition) is 2. The van der Waals surface area contributed by atoms with Crippen LogP contribution in [0.3, 0.4) is 0 Å². The summed E-state index contributed by atoms with van der Waals surface area (Å²) < 4.78 is 36.1. The predicted molar refractivity (Wildman–Crippen MR) is 69.3 cm³/mol. The third-order valence-electron chi connectivity index (χ3n) is 2.91. The van der Waals surface area contributed by atoms with Crippen LogP contribution in [0.15, 0.2) is 30.6 Å². The van der Waals surface area contributed by atoms with Crippen LogP contribution in [0.4, 0.5) is 14.5 Å². The molecule has 2 aromatic rings. The molecule has 0 atom stereocenters. The largest absolute Gasteiger partial charge is 0.586 e. The summed E-state index contributed by atoms with van der Waals surface area (Å²) in [6.45, 7) is 0.922. The Bertz CT molecular complexity index is 645. The van der Waals surface area contributed by atoms with Gasteiger partial charge in [0.1, 0.15) is 0 Å². The molecule has 0 fully saturated rings. The molecule has 8 heteroatoms. The highest BCUT2D eigenvalue weighted by molar-refractivity contribution is 5.56. The lowest BCUT2D eigenvalue weighted by molar-refractivity contribution is -0.286. The van der Waals surface area contributed by atoms with Crippen molar-refractivity contribution >= 4 is 5.69 Å². The Balaban J connectivity index is 1.64.